The highest BCUT2D eigenvalue weighted by Gasteiger charge is 2.24. The van der Waals surface area contributed by atoms with Gasteiger partial charge in [0, 0.05) is 10.7 Å². The minimum Gasteiger partial charge on any atom is -0.462 e. The van der Waals surface area contributed by atoms with Gasteiger partial charge in [0.15, 0.2) is 0 Å². The maximum atomic E-state index is 12.5. The number of hydrogen-bond acceptors (Lipinski definition) is 5. The summed E-state index contributed by atoms with van der Waals surface area (Å²) < 4.78 is 32.1. The van der Waals surface area contributed by atoms with Gasteiger partial charge in [-0.25, -0.2) is 13.2 Å². The maximum absolute atomic E-state index is 12.5. The van der Waals surface area contributed by atoms with Crippen LogP contribution in [0.5, 0.6) is 0 Å². The Bertz CT molecular complexity index is 978. The molecule has 0 radical (unpaired) electrons. The van der Waals surface area contributed by atoms with Gasteiger partial charge in [0.05, 0.1) is 23.2 Å². The number of hydrogen-bond donors (Lipinski definition) is 2. The predicted octanol–water partition coefficient (Wildman–Crippen LogP) is 3.48. The molecule has 2 rings (SSSR count). The standard InChI is InChI=1S/C18H18Cl2N2O5S/c1-3-27-18(24)12-4-7-14(8-5-12)21-17(23)11(2)22-28(25,26)16-10-13(19)6-9-15(16)20/h4-11,22H,3H2,1-2H3,(H,21,23). The SMILES string of the molecule is CCOC(=O)c1ccc(NC(=O)C(C)NS(=O)(=O)c2cc(Cl)ccc2Cl)cc1. The zero-order valence-electron chi connectivity index (χ0n) is 15.0. The van der Waals surface area contributed by atoms with Crippen LogP contribution in [0.25, 0.3) is 0 Å². The second-order valence-electron chi connectivity index (χ2n) is 5.70. The molecule has 1 amide bonds. The third-order valence-corrected chi connectivity index (χ3v) is 5.83. The molecule has 0 aromatic heterocycles. The van der Waals surface area contributed by atoms with Crippen LogP contribution in [0.3, 0.4) is 0 Å². The summed E-state index contributed by atoms with van der Waals surface area (Å²) in [5, 5.41) is 2.75. The lowest BCUT2D eigenvalue weighted by molar-refractivity contribution is -0.117. The monoisotopic (exact) mass is 444 g/mol. The van der Waals surface area contributed by atoms with Crippen molar-refractivity contribution in [1.29, 1.82) is 0 Å². The van der Waals surface area contributed by atoms with Crippen LogP contribution in [-0.4, -0.2) is 32.9 Å². The molecule has 10 heteroatoms. The van der Waals surface area contributed by atoms with Crippen LogP contribution >= 0.6 is 23.2 Å². The Balaban J connectivity index is 2.06. The molecule has 0 saturated carbocycles. The number of sulfonamides is 1. The quantitative estimate of drug-likeness (QED) is 0.636. The van der Waals surface area contributed by atoms with E-state index < -0.39 is 27.9 Å². The van der Waals surface area contributed by atoms with Crippen LogP contribution < -0.4 is 10.0 Å². The first-order valence-electron chi connectivity index (χ1n) is 8.19. The number of anilines is 1. The fourth-order valence-electron chi connectivity index (χ4n) is 2.19. The van der Waals surface area contributed by atoms with Crippen molar-refractivity contribution >= 4 is 50.8 Å². The molecule has 1 atom stereocenters. The number of carbonyl (C=O) groups is 2. The molecule has 0 aliphatic carbocycles. The van der Waals surface area contributed by atoms with Crippen LogP contribution in [0, 0.1) is 0 Å². The average Bonchev–Trinajstić information content (AvgIpc) is 2.64. The Hall–Kier alpha value is -2.13. The minimum atomic E-state index is -4.06. The van der Waals surface area contributed by atoms with E-state index in [0.717, 1.165) is 0 Å². The molecule has 0 bridgehead atoms. The summed E-state index contributed by atoms with van der Waals surface area (Å²) in [6, 6.07) is 8.93. The highest BCUT2D eigenvalue weighted by molar-refractivity contribution is 7.89. The van der Waals surface area contributed by atoms with Gasteiger partial charge < -0.3 is 10.1 Å². The van der Waals surface area contributed by atoms with Gasteiger partial charge in [-0.15, -0.1) is 0 Å². The van der Waals surface area contributed by atoms with E-state index in [-0.39, 0.29) is 21.5 Å². The molecular formula is C18H18Cl2N2O5S. The van der Waals surface area contributed by atoms with Gasteiger partial charge in [-0.3, -0.25) is 4.79 Å². The smallest absolute Gasteiger partial charge is 0.338 e. The van der Waals surface area contributed by atoms with Gasteiger partial charge in [0.25, 0.3) is 0 Å². The Morgan fingerprint density at radius 3 is 2.36 bits per heavy atom. The van der Waals surface area contributed by atoms with E-state index in [0.29, 0.717) is 11.3 Å². The van der Waals surface area contributed by atoms with Crippen LogP contribution in [-0.2, 0) is 19.6 Å². The number of benzene rings is 2. The second-order valence-corrected chi connectivity index (χ2v) is 8.23. The van der Waals surface area contributed by atoms with Crippen LogP contribution in [0.1, 0.15) is 24.2 Å². The van der Waals surface area contributed by atoms with Gasteiger partial charge in [0.1, 0.15) is 4.90 Å². The molecule has 0 saturated heterocycles. The zero-order valence-corrected chi connectivity index (χ0v) is 17.4. The predicted molar refractivity (Wildman–Crippen MR) is 107 cm³/mol. The van der Waals surface area contributed by atoms with Gasteiger partial charge >= 0.3 is 5.97 Å². The third-order valence-electron chi connectivity index (χ3n) is 3.57. The number of carbonyl (C=O) groups excluding carboxylic acids is 2. The van der Waals surface area contributed by atoms with Crippen LogP contribution in [0.2, 0.25) is 10.0 Å². The lowest BCUT2D eigenvalue weighted by atomic mass is 10.2. The van der Waals surface area contributed by atoms with Crippen molar-refractivity contribution < 1.29 is 22.7 Å². The van der Waals surface area contributed by atoms with Crippen LogP contribution in [0.15, 0.2) is 47.4 Å². The fraction of sp³-hybridized carbons (Fsp3) is 0.222. The van der Waals surface area contributed by atoms with E-state index in [1.54, 1.807) is 6.92 Å². The molecule has 0 fully saturated rings. The van der Waals surface area contributed by atoms with Crippen molar-refractivity contribution in [1.82, 2.24) is 4.72 Å². The zero-order chi connectivity index (χ0) is 20.9. The van der Waals surface area contributed by atoms with E-state index in [9.17, 15) is 18.0 Å². The number of halogens is 2. The number of esters is 1. The molecule has 28 heavy (non-hydrogen) atoms. The molecule has 1 unspecified atom stereocenters. The van der Waals surface area contributed by atoms with E-state index in [4.69, 9.17) is 27.9 Å². The van der Waals surface area contributed by atoms with Crippen LogP contribution in [0.4, 0.5) is 5.69 Å². The molecule has 2 aromatic rings. The van der Waals surface area contributed by atoms with Crippen molar-refractivity contribution in [3.8, 4) is 0 Å². The van der Waals surface area contributed by atoms with E-state index in [1.165, 1.54) is 49.4 Å². The molecule has 150 valence electrons. The lowest BCUT2D eigenvalue weighted by Gasteiger charge is -2.15. The summed E-state index contributed by atoms with van der Waals surface area (Å²) in [6.45, 7) is 3.34. The van der Waals surface area contributed by atoms with E-state index in [1.807, 2.05) is 0 Å². The average molecular weight is 445 g/mol. The Morgan fingerprint density at radius 2 is 1.75 bits per heavy atom. The minimum absolute atomic E-state index is 0.0148. The van der Waals surface area contributed by atoms with Gasteiger partial charge in [0.2, 0.25) is 15.9 Å². The molecule has 0 heterocycles. The summed E-state index contributed by atoms with van der Waals surface area (Å²) in [5.74, 6) is -1.06. The Morgan fingerprint density at radius 1 is 1.11 bits per heavy atom. The number of ether oxygens (including phenoxy) is 1. The van der Waals surface area contributed by atoms with Gasteiger partial charge in [-0.2, -0.15) is 4.72 Å². The van der Waals surface area contributed by atoms with Crippen molar-refractivity contribution in [2.75, 3.05) is 11.9 Å². The first kappa shape index (κ1) is 22.2. The van der Waals surface area contributed by atoms with Crippen molar-refractivity contribution in [3.05, 3.63) is 58.1 Å². The highest BCUT2D eigenvalue weighted by Crippen LogP contribution is 2.25. The first-order valence-corrected chi connectivity index (χ1v) is 10.4. The van der Waals surface area contributed by atoms with Crippen molar-refractivity contribution in [2.45, 2.75) is 24.8 Å². The molecular weight excluding hydrogens is 427 g/mol. The lowest BCUT2D eigenvalue weighted by Crippen LogP contribution is -2.41. The fourth-order valence-corrected chi connectivity index (χ4v) is 4.15. The van der Waals surface area contributed by atoms with E-state index in [2.05, 4.69) is 10.0 Å². The molecule has 2 aromatic carbocycles. The summed E-state index contributed by atoms with van der Waals surface area (Å²) in [5.41, 5.74) is 0.731. The topological polar surface area (TPSA) is 102 Å². The number of rotatable bonds is 7. The highest BCUT2D eigenvalue weighted by atomic mass is 35.5. The molecule has 0 aliphatic heterocycles. The second kappa shape index (κ2) is 9.38. The Labute approximate surface area is 173 Å². The van der Waals surface area contributed by atoms with Gasteiger partial charge in [-0.1, -0.05) is 23.2 Å². The molecule has 0 spiro atoms. The molecule has 7 nitrogen and oxygen atoms in total. The first-order chi connectivity index (χ1) is 13.1. The summed E-state index contributed by atoms with van der Waals surface area (Å²) >= 11 is 11.7. The number of nitrogens with one attached hydrogen (secondary N) is 2. The van der Waals surface area contributed by atoms with Gasteiger partial charge in [-0.05, 0) is 56.3 Å². The number of amides is 1. The maximum Gasteiger partial charge on any atom is 0.338 e. The van der Waals surface area contributed by atoms with Crippen molar-refractivity contribution in [3.63, 3.8) is 0 Å². The Kier molecular flexibility index (Phi) is 7.42. The summed E-state index contributed by atoms with van der Waals surface area (Å²) in [7, 11) is -4.06. The normalized spacial score (nSPS) is 12.3. The third kappa shape index (κ3) is 5.68. The summed E-state index contributed by atoms with van der Waals surface area (Å²) in [4.78, 5) is 23.7. The molecule has 2 N–H and O–H groups in total. The molecule has 0 aliphatic rings. The largest absolute Gasteiger partial charge is 0.462 e. The van der Waals surface area contributed by atoms with E-state index >= 15 is 0 Å². The van der Waals surface area contributed by atoms with Crippen molar-refractivity contribution in [2.24, 2.45) is 0 Å². The summed E-state index contributed by atoms with van der Waals surface area (Å²) in [6.07, 6.45) is 0.